The second-order valence-corrected chi connectivity index (χ2v) is 2.96. The Hall–Kier alpha value is 0.270. The zero-order chi connectivity index (χ0) is 11.8. The van der Waals surface area contributed by atoms with E-state index in [0.717, 1.165) is 0 Å². The van der Waals surface area contributed by atoms with Crippen LogP contribution in [-0.2, 0) is 19.0 Å². The van der Waals surface area contributed by atoms with Crippen LogP contribution in [0.3, 0.4) is 0 Å². The number of hydrogen-bond acceptors (Lipinski definition) is 4. The molecule has 0 aromatic heterocycles. The molecule has 0 aliphatic rings. The Morgan fingerprint density at radius 2 is 1.50 bits per heavy atom. The summed E-state index contributed by atoms with van der Waals surface area (Å²) in [5.74, 6) is 0. The summed E-state index contributed by atoms with van der Waals surface area (Å²) in [6, 6.07) is 0. The van der Waals surface area contributed by atoms with Crippen molar-refractivity contribution < 1.29 is 19.0 Å². The third-order valence-electron chi connectivity index (χ3n) is 0.732. The van der Waals surface area contributed by atoms with Gasteiger partial charge in [0, 0.05) is 21.3 Å². The van der Waals surface area contributed by atoms with Crippen LogP contribution in [0.4, 0.5) is 0 Å². The first-order chi connectivity index (χ1) is 6.60. The van der Waals surface area contributed by atoms with Crippen molar-refractivity contribution in [3.63, 3.8) is 0 Å². The first-order valence-electron chi connectivity index (χ1n) is 4.48. The molecule has 0 aliphatic heterocycles. The molecule has 1 unspecified atom stereocenters. The molecular formula is C9H25O4P. The normalized spacial score (nSPS) is 9.43. The lowest BCUT2D eigenvalue weighted by molar-refractivity contribution is -0.190. The second kappa shape index (κ2) is 23.2. The van der Waals surface area contributed by atoms with Gasteiger partial charge in [0.2, 0.25) is 0 Å². The molecule has 0 bridgehead atoms. The van der Waals surface area contributed by atoms with Crippen LogP contribution >= 0.6 is 8.81 Å². The molecule has 0 aromatic carbocycles. The fourth-order valence-corrected chi connectivity index (χ4v) is 0.354. The van der Waals surface area contributed by atoms with E-state index < -0.39 is 0 Å². The molecule has 0 aliphatic carbocycles. The van der Waals surface area contributed by atoms with Crippen molar-refractivity contribution in [2.24, 2.45) is 0 Å². The highest BCUT2D eigenvalue weighted by Gasteiger charge is 1.78. The van der Waals surface area contributed by atoms with E-state index in [1.54, 1.807) is 21.3 Å². The molecule has 14 heavy (non-hydrogen) atoms. The van der Waals surface area contributed by atoms with Crippen LogP contribution in [0.1, 0.15) is 20.8 Å². The molecule has 0 amide bonds. The van der Waals surface area contributed by atoms with E-state index in [9.17, 15) is 0 Å². The van der Waals surface area contributed by atoms with Crippen molar-refractivity contribution in [2.75, 3.05) is 34.6 Å². The molecule has 0 rings (SSSR count). The zero-order valence-electron chi connectivity index (χ0n) is 10.4. The predicted octanol–water partition coefficient (Wildman–Crippen LogP) is 2.48. The maximum Gasteiger partial charge on any atom is 0.0797 e. The van der Waals surface area contributed by atoms with Crippen molar-refractivity contribution in [1.82, 2.24) is 0 Å². The molecular weight excluding hydrogens is 203 g/mol. The maximum atomic E-state index is 4.75. The summed E-state index contributed by atoms with van der Waals surface area (Å²) in [5, 5.41) is 0. The topological polar surface area (TPSA) is 36.9 Å². The zero-order valence-corrected chi connectivity index (χ0v) is 11.4. The minimum absolute atomic E-state index is 0.384. The quantitative estimate of drug-likeness (QED) is 0.320. The van der Waals surface area contributed by atoms with E-state index in [4.69, 9.17) is 4.74 Å². The van der Waals surface area contributed by atoms with Crippen LogP contribution < -0.4 is 0 Å². The van der Waals surface area contributed by atoms with Gasteiger partial charge in [-0.2, -0.15) is 0 Å². The maximum absolute atomic E-state index is 4.75. The van der Waals surface area contributed by atoms with Crippen LogP contribution in [0.2, 0.25) is 0 Å². The van der Waals surface area contributed by atoms with Crippen LogP contribution in [0.15, 0.2) is 0 Å². The van der Waals surface area contributed by atoms with E-state index in [0.29, 0.717) is 21.5 Å². The predicted molar refractivity (Wildman–Crippen MR) is 62.0 cm³/mol. The van der Waals surface area contributed by atoms with Gasteiger partial charge in [0.05, 0.1) is 21.5 Å². The molecule has 4 nitrogen and oxygen atoms in total. The lowest BCUT2D eigenvalue weighted by atomic mass is 10.5. The highest BCUT2D eigenvalue weighted by Crippen LogP contribution is 2.02. The molecule has 0 saturated heterocycles. The van der Waals surface area contributed by atoms with Gasteiger partial charge in [-0.25, -0.2) is 9.56 Å². The Labute approximate surface area is 90.1 Å². The van der Waals surface area contributed by atoms with Crippen molar-refractivity contribution in [3.8, 4) is 0 Å². The lowest BCUT2D eigenvalue weighted by Crippen LogP contribution is -1.94. The number of rotatable bonds is 4. The van der Waals surface area contributed by atoms with Gasteiger partial charge in [-0.15, -0.1) is 0 Å². The third kappa shape index (κ3) is 56.1. The Balaban J connectivity index is -0.000000138. The van der Waals surface area contributed by atoms with E-state index in [2.05, 4.69) is 14.3 Å². The number of methoxy groups -OCH3 is 2. The van der Waals surface area contributed by atoms with Crippen molar-refractivity contribution in [2.45, 2.75) is 26.9 Å². The molecule has 1 atom stereocenters. The summed E-state index contributed by atoms with van der Waals surface area (Å²) < 4.78 is 13.5. The van der Waals surface area contributed by atoms with Crippen molar-refractivity contribution in [1.29, 1.82) is 0 Å². The number of ether oxygens (including phenoxy) is 2. The molecule has 0 aromatic rings. The van der Waals surface area contributed by atoms with Gasteiger partial charge in [0.25, 0.3) is 0 Å². The minimum atomic E-state index is 0.384. The summed E-state index contributed by atoms with van der Waals surface area (Å²) in [4.78, 5) is 4.49. The first-order valence-corrected chi connectivity index (χ1v) is 5.89. The van der Waals surface area contributed by atoms with Crippen LogP contribution in [0.25, 0.3) is 0 Å². The van der Waals surface area contributed by atoms with Gasteiger partial charge in [0.15, 0.2) is 0 Å². The van der Waals surface area contributed by atoms with E-state index in [1.807, 2.05) is 27.4 Å². The van der Waals surface area contributed by atoms with Gasteiger partial charge < -0.3 is 9.47 Å². The Kier molecular flexibility index (Phi) is 32.9. The number of hydrogen-bond donors (Lipinski definition) is 0. The van der Waals surface area contributed by atoms with Crippen LogP contribution in [0, 0.1) is 0 Å². The summed E-state index contributed by atoms with van der Waals surface area (Å²) in [7, 11) is 5.39. The van der Waals surface area contributed by atoms with Crippen molar-refractivity contribution in [3.05, 3.63) is 0 Å². The third-order valence-corrected chi connectivity index (χ3v) is 1.02. The average molecular weight is 228 g/mol. The summed E-state index contributed by atoms with van der Waals surface area (Å²) in [6.07, 6.45) is 0.384. The monoisotopic (exact) mass is 228 g/mol. The largest absolute Gasteiger partial charge is 0.388 e. The van der Waals surface area contributed by atoms with Crippen molar-refractivity contribution >= 4 is 8.81 Å². The van der Waals surface area contributed by atoms with Gasteiger partial charge in [0.1, 0.15) is 0 Å². The minimum Gasteiger partial charge on any atom is -0.388 e. The lowest BCUT2D eigenvalue weighted by Gasteiger charge is -1.94. The smallest absolute Gasteiger partial charge is 0.0797 e. The second-order valence-electron chi connectivity index (χ2n) is 2.39. The Morgan fingerprint density at radius 1 is 1.14 bits per heavy atom. The molecule has 0 spiro atoms. The van der Waals surface area contributed by atoms with Crippen LogP contribution in [0.5, 0.6) is 0 Å². The van der Waals surface area contributed by atoms with Gasteiger partial charge in [-0.3, -0.25) is 0 Å². The Morgan fingerprint density at radius 3 is 1.57 bits per heavy atom. The average Bonchev–Trinajstić information content (AvgIpc) is 2.17. The molecule has 90 valence electrons. The van der Waals surface area contributed by atoms with E-state index in [1.165, 1.54) is 0 Å². The molecule has 0 saturated carbocycles. The highest BCUT2D eigenvalue weighted by atomic mass is 31.1. The Bertz CT molecular complexity index is 67.8. The summed E-state index contributed by atoms with van der Waals surface area (Å²) in [5.41, 5.74) is 0. The van der Waals surface area contributed by atoms with Gasteiger partial charge in [-0.1, -0.05) is 0 Å². The first kappa shape index (κ1) is 19.8. The SMILES string of the molecule is CCOOPC.COC.COC(C)C. The van der Waals surface area contributed by atoms with E-state index in [-0.39, 0.29) is 0 Å². The molecule has 0 radical (unpaired) electrons. The highest BCUT2D eigenvalue weighted by molar-refractivity contribution is 7.31. The van der Waals surface area contributed by atoms with E-state index >= 15 is 0 Å². The molecule has 0 heterocycles. The molecule has 5 heteroatoms. The summed E-state index contributed by atoms with van der Waals surface area (Å²) in [6.45, 7) is 8.44. The molecule has 0 N–H and O–H groups in total. The fraction of sp³-hybridized carbons (Fsp3) is 1.00. The summed E-state index contributed by atoms with van der Waals surface area (Å²) >= 11 is 0. The van der Waals surface area contributed by atoms with Gasteiger partial charge in [-0.05, 0) is 27.4 Å². The fourth-order valence-electron chi connectivity index (χ4n) is 0.118. The van der Waals surface area contributed by atoms with Gasteiger partial charge >= 0.3 is 0 Å². The van der Waals surface area contributed by atoms with Crippen LogP contribution in [-0.4, -0.2) is 40.7 Å². The molecule has 0 fully saturated rings. The standard InChI is InChI=1S/C4H10O.C3H9O2P.C2H6O/c1-4(2)5-3;1-3-4-5-6-2;1-3-2/h4H,1-3H3;6H,3H2,1-2H3;1-2H3.